The molecule has 5 nitrogen and oxygen atoms in total. The molecule has 1 aliphatic heterocycles. The van der Waals surface area contributed by atoms with Gasteiger partial charge in [0.2, 0.25) is 5.84 Å². The second-order valence-corrected chi connectivity index (χ2v) is 8.73. The Labute approximate surface area is 184 Å². The number of aliphatic imine (C=N–C) groups is 1. The third kappa shape index (κ3) is 10.5. The van der Waals surface area contributed by atoms with Gasteiger partial charge in [0, 0.05) is 13.3 Å². The number of carboxylic acid groups (broad SMARTS) is 1. The Bertz CT molecular complexity index is 555. The minimum absolute atomic E-state index is 0.0942. The van der Waals surface area contributed by atoms with Crippen LogP contribution >= 0.6 is 0 Å². The van der Waals surface area contributed by atoms with Gasteiger partial charge in [-0.05, 0) is 32.1 Å². The van der Waals surface area contributed by atoms with E-state index in [9.17, 15) is 9.90 Å². The highest BCUT2D eigenvalue weighted by atomic mass is 16.4. The molecule has 0 aromatic heterocycles. The number of carbonyl (C=O) groups excluding carboxylic acids is 1. The van der Waals surface area contributed by atoms with Crippen LogP contribution < -0.4 is 10.8 Å². The van der Waals surface area contributed by atoms with E-state index in [-0.39, 0.29) is 17.2 Å². The number of amidine groups is 1. The number of hydrogen-bond donors (Lipinski definition) is 1. The van der Waals surface area contributed by atoms with E-state index in [1.54, 1.807) is 12.4 Å². The molecule has 0 fully saturated rings. The van der Waals surface area contributed by atoms with Crippen LogP contribution in [-0.4, -0.2) is 29.0 Å². The Morgan fingerprint density at radius 3 is 2.07 bits per heavy atom. The number of nitrogens with zero attached hydrogens (tertiary/aromatic N) is 2. The van der Waals surface area contributed by atoms with Crippen molar-refractivity contribution >= 4 is 11.8 Å². The SMILES string of the molecule is CCCCCCCCCCCC/C=C/CCCCC1=NC=C[N+]1(CC(=O)[O-])C(C)N. The van der Waals surface area contributed by atoms with E-state index in [4.69, 9.17) is 5.73 Å². The molecule has 2 unspecified atom stereocenters. The van der Waals surface area contributed by atoms with Crippen LogP contribution in [0.25, 0.3) is 0 Å². The van der Waals surface area contributed by atoms with Gasteiger partial charge in [0.15, 0.2) is 0 Å². The summed E-state index contributed by atoms with van der Waals surface area (Å²) in [6.07, 6.45) is 26.6. The molecule has 30 heavy (non-hydrogen) atoms. The predicted octanol–water partition coefficient (Wildman–Crippen LogP) is 5.17. The third-order valence-corrected chi connectivity index (χ3v) is 6.07. The average Bonchev–Trinajstić information content (AvgIpc) is 3.10. The molecule has 5 heteroatoms. The maximum atomic E-state index is 11.2. The van der Waals surface area contributed by atoms with E-state index in [1.807, 2.05) is 6.92 Å². The van der Waals surface area contributed by atoms with Gasteiger partial charge in [-0.15, -0.1) is 0 Å². The summed E-state index contributed by atoms with van der Waals surface area (Å²) in [5.74, 6) is -0.259. The molecule has 0 aliphatic carbocycles. The molecular weight excluding hydrogens is 374 g/mol. The molecule has 172 valence electrons. The highest BCUT2D eigenvalue weighted by molar-refractivity contribution is 5.81. The van der Waals surface area contributed by atoms with Crippen molar-refractivity contribution in [1.29, 1.82) is 0 Å². The van der Waals surface area contributed by atoms with Gasteiger partial charge in [0.05, 0.1) is 12.2 Å². The summed E-state index contributed by atoms with van der Waals surface area (Å²) in [7, 11) is 0. The zero-order chi connectivity index (χ0) is 22.1. The van der Waals surface area contributed by atoms with E-state index in [0.717, 1.165) is 31.5 Å². The lowest BCUT2D eigenvalue weighted by Gasteiger charge is -2.36. The molecule has 1 rings (SSSR count). The summed E-state index contributed by atoms with van der Waals surface area (Å²) in [6, 6.07) is 0. The lowest BCUT2D eigenvalue weighted by molar-refractivity contribution is -0.808. The number of unbranched alkanes of at least 4 members (excludes halogenated alkanes) is 12. The highest BCUT2D eigenvalue weighted by Crippen LogP contribution is 2.23. The second kappa shape index (κ2) is 16.3. The van der Waals surface area contributed by atoms with E-state index < -0.39 is 5.97 Å². The van der Waals surface area contributed by atoms with Crippen LogP contribution in [0.3, 0.4) is 0 Å². The molecule has 0 aromatic rings. The standard InChI is InChI=1S/C25H45N3O2/c1-3-4-5-6-7-8-9-10-11-12-13-14-15-16-17-18-19-24-27-20-21-28(24,23(2)26)22-25(29)30/h14-15,20-21,23H,3-13,16-19,22,26H2,1-2H3/b15-14+. The van der Waals surface area contributed by atoms with E-state index in [0.29, 0.717) is 0 Å². The van der Waals surface area contributed by atoms with Gasteiger partial charge in [-0.25, -0.2) is 9.48 Å². The Balaban J connectivity index is 2.04. The number of nitrogens with two attached hydrogens (primary N) is 1. The van der Waals surface area contributed by atoms with Gasteiger partial charge < -0.3 is 9.90 Å². The fourth-order valence-electron chi connectivity index (χ4n) is 4.11. The topological polar surface area (TPSA) is 78.5 Å². The fraction of sp³-hybridized carbons (Fsp3) is 0.760. The molecule has 0 spiro atoms. The van der Waals surface area contributed by atoms with Gasteiger partial charge in [-0.1, -0.05) is 76.9 Å². The van der Waals surface area contributed by atoms with E-state index in [2.05, 4.69) is 24.1 Å². The van der Waals surface area contributed by atoms with Gasteiger partial charge in [-0.3, -0.25) is 5.73 Å². The molecule has 1 aliphatic rings. The number of aliphatic carboxylic acids is 1. The van der Waals surface area contributed by atoms with Crippen LogP contribution in [0.2, 0.25) is 0 Å². The van der Waals surface area contributed by atoms with Gasteiger partial charge in [-0.2, -0.15) is 0 Å². The average molecular weight is 420 g/mol. The summed E-state index contributed by atoms with van der Waals surface area (Å²) in [5.41, 5.74) is 6.07. The molecular formula is C25H45N3O2. The normalized spacial score (nSPS) is 19.5. The zero-order valence-corrected chi connectivity index (χ0v) is 19.5. The molecule has 0 bridgehead atoms. The molecule has 0 saturated carbocycles. The van der Waals surface area contributed by atoms with Crippen LogP contribution in [0.1, 0.15) is 110 Å². The summed E-state index contributed by atoms with van der Waals surface area (Å²) in [6.45, 7) is 3.95. The number of allylic oxidation sites excluding steroid dienone is 2. The lowest BCUT2D eigenvalue weighted by atomic mass is 10.1. The Hall–Kier alpha value is -1.46. The number of carboxylic acids is 1. The first-order chi connectivity index (χ1) is 14.5. The van der Waals surface area contributed by atoms with Crippen molar-refractivity contribution in [2.75, 3.05) is 6.54 Å². The monoisotopic (exact) mass is 419 g/mol. The molecule has 2 N–H and O–H groups in total. The summed E-state index contributed by atoms with van der Waals surface area (Å²) in [5, 5.41) is 11.2. The van der Waals surface area contributed by atoms with Gasteiger partial charge >= 0.3 is 0 Å². The summed E-state index contributed by atoms with van der Waals surface area (Å²) in [4.78, 5) is 15.5. The third-order valence-electron chi connectivity index (χ3n) is 6.07. The highest BCUT2D eigenvalue weighted by Gasteiger charge is 2.38. The maximum Gasteiger partial charge on any atom is 0.209 e. The smallest absolute Gasteiger partial charge is 0.209 e. The molecule has 1 heterocycles. The number of hydrogen-bond acceptors (Lipinski definition) is 4. The Kier molecular flexibility index (Phi) is 14.4. The quantitative estimate of drug-likeness (QED) is 0.178. The molecule has 2 atom stereocenters. The Morgan fingerprint density at radius 1 is 1.00 bits per heavy atom. The number of carbonyl (C=O) groups is 1. The fourth-order valence-corrected chi connectivity index (χ4v) is 4.11. The first-order valence-corrected chi connectivity index (χ1v) is 12.3. The van der Waals surface area contributed by atoms with Crippen LogP contribution in [0.15, 0.2) is 29.5 Å². The van der Waals surface area contributed by atoms with Gasteiger partial charge in [0.25, 0.3) is 0 Å². The number of quaternary nitrogens is 1. The van der Waals surface area contributed by atoms with Crippen molar-refractivity contribution in [2.24, 2.45) is 10.7 Å². The van der Waals surface area contributed by atoms with Crippen LogP contribution in [-0.2, 0) is 4.79 Å². The first kappa shape index (κ1) is 26.6. The molecule has 0 radical (unpaired) electrons. The minimum Gasteiger partial charge on any atom is -0.544 e. The van der Waals surface area contributed by atoms with Crippen molar-refractivity contribution in [2.45, 2.75) is 116 Å². The molecule has 0 amide bonds. The summed E-state index contributed by atoms with van der Waals surface area (Å²) >= 11 is 0. The Morgan fingerprint density at radius 2 is 1.53 bits per heavy atom. The van der Waals surface area contributed by atoms with Crippen LogP contribution in [0, 0.1) is 0 Å². The largest absolute Gasteiger partial charge is 0.544 e. The van der Waals surface area contributed by atoms with Crippen molar-refractivity contribution in [1.82, 2.24) is 0 Å². The predicted molar refractivity (Wildman–Crippen MR) is 124 cm³/mol. The first-order valence-electron chi connectivity index (χ1n) is 12.3. The minimum atomic E-state index is -1.10. The van der Waals surface area contributed by atoms with Crippen molar-refractivity contribution in [3.63, 3.8) is 0 Å². The van der Waals surface area contributed by atoms with Crippen molar-refractivity contribution in [3.05, 3.63) is 24.6 Å². The van der Waals surface area contributed by atoms with Crippen molar-refractivity contribution in [3.8, 4) is 0 Å². The van der Waals surface area contributed by atoms with E-state index in [1.165, 1.54) is 70.6 Å². The summed E-state index contributed by atoms with van der Waals surface area (Å²) < 4.78 is 0.0942. The van der Waals surface area contributed by atoms with Crippen molar-refractivity contribution < 1.29 is 14.4 Å². The van der Waals surface area contributed by atoms with Crippen LogP contribution in [0.4, 0.5) is 0 Å². The van der Waals surface area contributed by atoms with Gasteiger partial charge in [0.1, 0.15) is 18.9 Å². The molecule has 0 aromatic carbocycles. The van der Waals surface area contributed by atoms with Crippen LogP contribution in [0.5, 0.6) is 0 Å². The second-order valence-electron chi connectivity index (χ2n) is 8.73. The van der Waals surface area contributed by atoms with E-state index >= 15 is 0 Å². The lowest BCUT2D eigenvalue weighted by Crippen LogP contribution is -2.60. The zero-order valence-electron chi connectivity index (χ0n) is 19.5. The molecule has 0 saturated heterocycles. The number of rotatable bonds is 19. The maximum absolute atomic E-state index is 11.2.